The van der Waals surface area contributed by atoms with Gasteiger partial charge in [0.1, 0.15) is 5.84 Å². The Balaban J connectivity index is 1.19. The SMILES string of the molecule is Cc1ncoc1C(=N)N(C)C(=N)CCCCN1CC[C@]2(C[C@@H]2c2ccc(C(F)(F)F)cc2)C1. The molecule has 0 bridgehead atoms. The van der Waals surface area contributed by atoms with Crippen molar-refractivity contribution in [3.63, 3.8) is 0 Å². The van der Waals surface area contributed by atoms with Crippen molar-refractivity contribution in [1.82, 2.24) is 14.8 Å². The summed E-state index contributed by atoms with van der Waals surface area (Å²) in [6, 6.07) is 5.68. The molecule has 1 aliphatic heterocycles. The van der Waals surface area contributed by atoms with Gasteiger partial charge in [0.05, 0.1) is 11.3 Å². The van der Waals surface area contributed by atoms with Gasteiger partial charge in [-0.2, -0.15) is 13.2 Å². The van der Waals surface area contributed by atoms with Crippen molar-refractivity contribution in [1.29, 1.82) is 10.8 Å². The van der Waals surface area contributed by atoms with Gasteiger partial charge in [0, 0.05) is 20.0 Å². The fourth-order valence-corrected chi connectivity index (χ4v) is 4.96. The Bertz CT molecular complexity index is 1020. The fourth-order valence-electron chi connectivity index (χ4n) is 4.96. The molecule has 2 aliphatic rings. The van der Waals surface area contributed by atoms with Crippen molar-refractivity contribution in [3.05, 3.63) is 53.2 Å². The second-order valence-electron chi connectivity index (χ2n) is 9.34. The van der Waals surface area contributed by atoms with E-state index in [1.54, 1.807) is 26.1 Å². The fraction of sp³-hybridized carbons (Fsp3) is 0.542. The number of amidine groups is 2. The van der Waals surface area contributed by atoms with Crippen LogP contribution in [0, 0.1) is 23.2 Å². The van der Waals surface area contributed by atoms with E-state index in [2.05, 4.69) is 9.88 Å². The number of aryl methyl sites for hydroxylation is 1. The number of hydrogen-bond donors (Lipinski definition) is 2. The summed E-state index contributed by atoms with van der Waals surface area (Å²) in [5.74, 6) is 1.26. The summed E-state index contributed by atoms with van der Waals surface area (Å²) in [5, 5.41) is 16.5. The van der Waals surface area contributed by atoms with Crippen LogP contribution in [-0.2, 0) is 6.18 Å². The molecule has 6 nitrogen and oxygen atoms in total. The van der Waals surface area contributed by atoms with Crippen LogP contribution in [0.15, 0.2) is 35.1 Å². The van der Waals surface area contributed by atoms with E-state index in [0.29, 0.717) is 29.6 Å². The van der Waals surface area contributed by atoms with Crippen LogP contribution in [-0.4, -0.2) is 53.1 Å². The molecule has 1 saturated carbocycles. The van der Waals surface area contributed by atoms with Gasteiger partial charge < -0.3 is 14.2 Å². The Morgan fingerprint density at radius 1 is 1.24 bits per heavy atom. The number of rotatable bonds is 7. The monoisotopic (exact) mass is 461 g/mol. The molecule has 178 valence electrons. The maximum Gasteiger partial charge on any atom is 0.416 e. The van der Waals surface area contributed by atoms with Crippen molar-refractivity contribution >= 4 is 11.7 Å². The minimum Gasteiger partial charge on any atom is -0.440 e. The summed E-state index contributed by atoms with van der Waals surface area (Å²) in [5.41, 5.74) is 1.29. The molecule has 9 heteroatoms. The summed E-state index contributed by atoms with van der Waals surface area (Å²) in [6.45, 7) is 4.74. The quantitative estimate of drug-likeness (QED) is 0.334. The molecule has 2 N–H and O–H groups in total. The Kier molecular flexibility index (Phi) is 6.35. The second kappa shape index (κ2) is 8.93. The zero-order valence-corrected chi connectivity index (χ0v) is 19.0. The third kappa shape index (κ3) is 4.98. The highest BCUT2D eigenvalue weighted by atomic mass is 19.4. The molecule has 1 aromatic heterocycles. The van der Waals surface area contributed by atoms with Crippen LogP contribution in [0.1, 0.15) is 60.6 Å². The molecular formula is C24H30F3N5O. The molecule has 0 amide bonds. The molecule has 2 atom stereocenters. The number of aromatic nitrogens is 1. The van der Waals surface area contributed by atoms with E-state index in [4.69, 9.17) is 15.2 Å². The van der Waals surface area contributed by atoms with Crippen LogP contribution in [0.4, 0.5) is 13.2 Å². The molecule has 2 heterocycles. The van der Waals surface area contributed by atoms with E-state index < -0.39 is 11.7 Å². The van der Waals surface area contributed by atoms with Crippen molar-refractivity contribution in [2.24, 2.45) is 5.41 Å². The number of nitrogens with zero attached hydrogens (tertiary/aromatic N) is 3. The highest BCUT2D eigenvalue weighted by Crippen LogP contribution is 2.64. The third-order valence-electron chi connectivity index (χ3n) is 7.13. The first-order chi connectivity index (χ1) is 15.6. The summed E-state index contributed by atoms with van der Waals surface area (Å²) in [4.78, 5) is 7.97. The molecule has 2 aromatic rings. The van der Waals surface area contributed by atoms with Crippen LogP contribution in [0.5, 0.6) is 0 Å². The summed E-state index contributed by atoms with van der Waals surface area (Å²) in [7, 11) is 1.70. The first-order valence-corrected chi connectivity index (χ1v) is 11.3. The summed E-state index contributed by atoms with van der Waals surface area (Å²) < 4.78 is 43.7. The Morgan fingerprint density at radius 3 is 2.61 bits per heavy atom. The number of oxazole rings is 1. The first-order valence-electron chi connectivity index (χ1n) is 11.3. The van der Waals surface area contributed by atoms with Gasteiger partial charge in [0.25, 0.3) is 0 Å². The van der Waals surface area contributed by atoms with Crippen LogP contribution in [0.25, 0.3) is 0 Å². The summed E-state index contributed by atoms with van der Waals surface area (Å²) in [6.07, 6.45) is 1.56. The van der Waals surface area contributed by atoms with Crippen molar-refractivity contribution in [2.45, 2.75) is 51.1 Å². The van der Waals surface area contributed by atoms with E-state index in [9.17, 15) is 13.2 Å². The van der Waals surface area contributed by atoms with Crippen LogP contribution in [0.2, 0.25) is 0 Å². The van der Waals surface area contributed by atoms with Crippen LogP contribution >= 0.6 is 0 Å². The van der Waals surface area contributed by atoms with Crippen LogP contribution in [0.3, 0.4) is 0 Å². The predicted molar refractivity (Wildman–Crippen MR) is 120 cm³/mol. The highest BCUT2D eigenvalue weighted by molar-refractivity contribution is 6.05. The van der Waals surface area contributed by atoms with E-state index in [-0.39, 0.29) is 11.3 Å². The molecular weight excluding hydrogens is 431 g/mol. The summed E-state index contributed by atoms with van der Waals surface area (Å²) >= 11 is 0. The smallest absolute Gasteiger partial charge is 0.416 e. The van der Waals surface area contributed by atoms with E-state index in [0.717, 1.165) is 50.9 Å². The van der Waals surface area contributed by atoms with Gasteiger partial charge in [-0.15, -0.1) is 0 Å². The van der Waals surface area contributed by atoms with Crippen molar-refractivity contribution in [3.8, 4) is 0 Å². The number of nitrogens with one attached hydrogen (secondary N) is 2. The minimum atomic E-state index is -4.29. The molecule has 1 saturated heterocycles. The molecule has 1 aliphatic carbocycles. The van der Waals surface area contributed by atoms with Gasteiger partial charge in [-0.05, 0) is 74.7 Å². The number of likely N-dealkylation sites (tertiary alicyclic amines) is 1. The average Bonchev–Trinajstić information content (AvgIpc) is 3.07. The predicted octanol–water partition coefficient (Wildman–Crippen LogP) is 5.29. The number of hydrogen-bond acceptors (Lipinski definition) is 5. The lowest BCUT2D eigenvalue weighted by atomic mass is 9.97. The molecule has 33 heavy (non-hydrogen) atoms. The van der Waals surface area contributed by atoms with Crippen molar-refractivity contribution in [2.75, 3.05) is 26.7 Å². The number of unbranched alkanes of at least 4 members (excludes halogenated alkanes) is 1. The zero-order valence-electron chi connectivity index (χ0n) is 19.0. The lowest BCUT2D eigenvalue weighted by molar-refractivity contribution is -0.137. The maximum atomic E-state index is 12.8. The molecule has 2 fully saturated rings. The third-order valence-corrected chi connectivity index (χ3v) is 7.13. The Hall–Kier alpha value is -2.68. The van der Waals surface area contributed by atoms with Gasteiger partial charge in [0.15, 0.2) is 18.0 Å². The Labute approximate surface area is 191 Å². The highest BCUT2D eigenvalue weighted by Gasteiger charge is 2.57. The van der Waals surface area contributed by atoms with Crippen molar-refractivity contribution < 1.29 is 17.6 Å². The number of benzene rings is 1. The molecule has 4 rings (SSSR count). The lowest BCUT2D eigenvalue weighted by Gasteiger charge is -2.20. The van der Waals surface area contributed by atoms with E-state index in [1.165, 1.54) is 23.4 Å². The number of halogens is 3. The first kappa shape index (κ1) is 23.5. The topological polar surface area (TPSA) is 80.2 Å². The second-order valence-corrected chi connectivity index (χ2v) is 9.34. The van der Waals surface area contributed by atoms with Crippen LogP contribution < -0.4 is 0 Å². The van der Waals surface area contributed by atoms with Gasteiger partial charge in [-0.3, -0.25) is 10.8 Å². The molecule has 0 radical (unpaired) electrons. The van der Waals surface area contributed by atoms with Gasteiger partial charge in [-0.25, -0.2) is 4.98 Å². The van der Waals surface area contributed by atoms with Gasteiger partial charge in [0.2, 0.25) is 0 Å². The molecule has 1 aromatic carbocycles. The zero-order chi connectivity index (χ0) is 23.8. The lowest BCUT2D eigenvalue weighted by Crippen LogP contribution is -2.33. The number of alkyl halides is 3. The standard InChI is InChI=1S/C24H30F3N5O/c1-16-21(33-15-30-16)22(29)31(2)20(28)5-3-4-11-32-12-10-23(14-32)13-19(23)17-6-8-18(9-7-17)24(25,26)27/h6-9,15,19,28-29H,3-5,10-14H2,1-2H3/t19-,23+/m1/s1. The normalized spacial score (nSPS) is 22.6. The van der Waals surface area contributed by atoms with E-state index >= 15 is 0 Å². The molecule has 0 unspecified atom stereocenters. The average molecular weight is 462 g/mol. The minimum absolute atomic E-state index is 0.138. The Morgan fingerprint density at radius 2 is 1.97 bits per heavy atom. The van der Waals surface area contributed by atoms with E-state index in [1.807, 2.05) is 0 Å². The molecule has 1 spiro atoms. The largest absolute Gasteiger partial charge is 0.440 e. The van der Waals surface area contributed by atoms with Gasteiger partial charge in [-0.1, -0.05) is 12.1 Å². The maximum absolute atomic E-state index is 12.8. The van der Waals surface area contributed by atoms with Gasteiger partial charge >= 0.3 is 6.18 Å².